The van der Waals surface area contributed by atoms with Crippen molar-refractivity contribution < 1.29 is 19.7 Å². The van der Waals surface area contributed by atoms with Crippen molar-refractivity contribution in [3.05, 3.63) is 0 Å². The highest BCUT2D eigenvalue weighted by Crippen LogP contribution is 1.95. The molecule has 0 spiro atoms. The molecule has 0 atom stereocenters. The minimum absolute atomic E-state index is 0.0279. The molecule has 0 aliphatic rings. The maximum absolute atomic E-state index is 7.56. The summed E-state index contributed by atoms with van der Waals surface area (Å²) in [6.07, 6.45) is 2.08. The molecule has 0 rings (SSSR count). The predicted octanol–water partition coefficient (Wildman–Crippen LogP) is 1.76. The third kappa shape index (κ3) is 58.7. The molecule has 0 aromatic carbocycles. The Balaban J connectivity index is -0.000000233. The van der Waals surface area contributed by atoms with Crippen LogP contribution in [0.1, 0.15) is 33.6 Å². The van der Waals surface area contributed by atoms with Gasteiger partial charge in [-0.1, -0.05) is 13.8 Å². The molecule has 18 heavy (non-hydrogen) atoms. The van der Waals surface area contributed by atoms with Crippen LogP contribution in [0.2, 0.25) is 0 Å². The van der Waals surface area contributed by atoms with Gasteiger partial charge in [-0.3, -0.25) is 0 Å². The van der Waals surface area contributed by atoms with Crippen molar-refractivity contribution in [3.63, 3.8) is 0 Å². The molecule has 0 aromatic rings. The highest BCUT2D eigenvalue weighted by Gasteiger charge is 1.97. The fourth-order valence-electron chi connectivity index (χ4n) is 0.616. The molecule has 0 unspecified atom stereocenters. The standard InChI is InChI=1S/C8H18O2.2CH3NOS/c1-4-6-9-8(3)10-7-5-2;2*2-1(3)4/h8H,4-7H2,1-3H3;2*(H3,2,3,4). The molecule has 0 bridgehead atoms. The van der Waals surface area contributed by atoms with Gasteiger partial charge in [-0.05, 0) is 44.2 Å². The van der Waals surface area contributed by atoms with Crippen LogP contribution in [-0.2, 0) is 9.47 Å². The van der Waals surface area contributed by atoms with Crippen molar-refractivity contribution in [2.75, 3.05) is 13.2 Å². The number of nitrogens with two attached hydrogens (primary N) is 2. The lowest BCUT2D eigenvalue weighted by atomic mass is 10.5. The summed E-state index contributed by atoms with van der Waals surface area (Å²) in [4.78, 5) is 0. The minimum atomic E-state index is -0.500. The Hall–Kier alpha value is -0.700. The largest absolute Gasteiger partial charge is 0.487 e. The van der Waals surface area contributed by atoms with Gasteiger partial charge < -0.3 is 31.2 Å². The van der Waals surface area contributed by atoms with Crippen molar-refractivity contribution in [1.29, 1.82) is 0 Å². The number of aliphatic hydroxyl groups is 2. The van der Waals surface area contributed by atoms with Crippen LogP contribution in [0.4, 0.5) is 0 Å². The Labute approximate surface area is 119 Å². The van der Waals surface area contributed by atoms with Gasteiger partial charge in [0.15, 0.2) is 6.29 Å². The molecule has 0 radical (unpaired) electrons. The maximum Gasteiger partial charge on any atom is 0.251 e. The van der Waals surface area contributed by atoms with Gasteiger partial charge in [-0.25, -0.2) is 0 Å². The van der Waals surface area contributed by atoms with E-state index in [2.05, 4.69) is 49.8 Å². The molecule has 6 N–H and O–H groups in total. The van der Waals surface area contributed by atoms with Crippen molar-refractivity contribution in [2.24, 2.45) is 11.5 Å². The van der Waals surface area contributed by atoms with E-state index in [-0.39, 0.29) is 6.29 Å². The van der Waals surface area contributed by atoms with Gasteiger partial charge in [0, 0.05) is 13.2 Å². The summed E-state index contributed by atoms with van der Waals surface area (Å²) in [6, 6.07) is 0. The molecule has 0 fully saturated rings. The van der Waals surface area contributed by atoms with Crippen LogP contribution >= 0.6 is 24.4 Å². The van der Waals surface area contributed by atoms with Crippen LogP contribution in [0, 0.1) is 0 Å². The molecular formula is C10H24N2O4S2. The fourth-order valence-corrected chi connectivity index (χ4v) is 0.616. The smallest absolute Gasteiger partial charge is 0.251 e. The lowest BCUT2D eigenvalue weighted by molar-refractivity contribution is -0.130. The average molecular weight is 300 g/mol. The lowest BCUT2D eigenvalue weighted by Gasteiger charge is -2.12. The highest BCUT2D eigenvalue weighted by molar-refractivity contribution is 7.80. The van der Waals surface area contributed by atoms with E-state index in [9.17, 15) is 0 Å². The first-order chi connectivity index (χ1) is 8.27. The summed E-state index contributed by atoms with van der Waals surface area (Å²) in [5.41, 5.74) is 8.80. The first-order valence-corrected chi connectivity index (χ1v) is 6.29. The van der Waals surface area contributed by atoms with Crippen molar-refractivity contribution in [2.45, 2.75) is 39.9 Å². The zero-order valence-corrected chi connectivity index (χ0v) is 12.7. The minimum Gasteiger partial charge on any atom is -0.487 e. The summed E-state index contributed by atoms with van der Waals surface area (Å²) in [5.74, 6) is 0. The SMILES string of the molecule is CCCOC(C)OCCC.NC(O)=S.NC(O)=S. The number of rotatable bonds is 6. The zero-order valence-electron chi connectivity index (χ0n) is 11.1. The Morgan fingerprint density at radius 2 is 1.22 bits per heavy atom. The number of ether oxygens (including phenoxy) is 2. The third-order valence-corrected chi connectivity index (χ3v) is 1.11. The normalized spacial score (nSPS) is 8.67. The molecular weight excluding hydrogens is 276 g/mol. The Morgan fingerprint density at radius 3 is 1.39 bits per heavy atom. The van der Waals surface area contributed by atoms with E-state index in [1.165, 1.54) is 0 Å². The second-order valence-electron chi connectivity index (χ2n) is 2.99. The molecule has 0 aliphatic heterocycles. The number of hydrogen-bond donors (Lipinski definition) is 4. The van der Waals surface area contributed by atoms with Gasteiger partial charge in [0.25, 0.3) is 10.3 Å². The first-order valence-electron chi connectivity index (χ1n) is 5.47. The van der Waals surface area contributed by atoms with Gasteiger partial charge in [0.05, 0.1) is 0 Å². The van der Waals surface area contributed by atoms with Gasteiger partial charge in [-0.2, -0.15) is 0 Å². The lowest BCUT2D eigenvalue weighted by Crippen LogP contribution is -2.13. The number of hydrogen-bond acceptors (Lipinski definition) is 4. The van der Waals surface area contributed by atoms with E-state index < -0.39 is 10.3 Å². The maximum atomic E-state index is 7.56. The van der Waals surface area contributed by atoms with Gasteiger partial charge in [0.1, 0.15) is 0 Å². The molecule has 0 amide bonds. The van der Waals surface area contributed by atoms with Crippen molar-refractivity contribution in [3.8, 4) is 0 Å². The van der Waals surface area contributed by atoms with Crippen LogP contribution in [0.25, 0.3) is 0 Å². The van der Waals surface area contributed by atoms with Crippen LogP contribution in [0.3, 0.4) is 0 Å². The van der Waals surface area contributed by atoms with Crippen molar-refractivity contribution in [1.82, 2.24) is 0 Å². The van der Waals surface area contributed by atoms with E-state index in [4.69, 9.17) is 19.7 Å². The summed E-state index contributed by atoms with van der Waals surface area (Å²) in [7, 11) is 0. The molecule has 0 saturated heterocycles. The van der Waals surface area contributed by atoms with Gasteiger partial charge in [-0.15, -0.1) is 0 Å². The second kappa shape index (κ2) is 18.7. The van der Waals surface area contributed by atoms with Gasteiger partial charge >= 0.3 is 0 Å². The van der Waals surface area contributed by atoms with Crippen LogP contribution < -0.4 is 11.5 Å². The number of thiocarbonyl (C=S) groups is 2. The molecule has 6 nitrogen and oxygen atoms in total. The van der Waals surface area contributed by atoms with E-state index in [1.54, 1.807) is 0 Å². The topological polar surface area (TPSA) is 111 Å². The Bertz CT molecular complexity index is 178. The average Bonchev–Trinajstić information content (AvgIpc) is 2.21. The van der Waals surface area contributed by atoms with E-state index in [0.29, 0.717) is 0 Å². The molecule has 0 aliphatic carbocycles. The Kier molecular flexibility index (Phi) is 23.3. The van der Waals surface area contributed by atoms with Crippen LogP contribution in [0.5, 0.6) is 0 Å². The fraction of sp³-hybridized carbons (Fsp3) is 0.800. The van der Waals surface area contributed by atoms with E-state index >= 15 is 0 Å². The summed E-state index contributed by atoms with van der Waals surface area (Å²) < 4.78 is 10.5. The summed E-state index contributed by atoms with van der Waals surface area (Å²) in [6.45, 7) is 7.71. The molecule has 8 heteroatoms. The number of aliphatic hydroxyl groups excluding tert-OH is 2. The molecule has 0 saturated carbocycles. The monoisotopic (exact) mass is 300 g/mol. The quantitative estimate of drug-likeness (QED) is 0.434. The van der Waals surface area contributed by atoms with E-state index in [1.807, 2.05) is 6.92 Å². The van der Waals surface area contributed by atoms with Crippen LogP contribution in [-0.4, -0.2) is 40.1 Å². The van der Waals surface area contributed by atoms with Gasteiger partial charge in [0.2, 0.25) is 0 Å². The highest BCUT2D eigenvalue weighted by atomic mass is 32.1. The summed E-state index contributed by atoms with van der Waals surface area (Å²) >= 11 is 7.74. The molecule has 0 heterocycles. The van der Waals surface area contributed by atoms with Crippen LogP contribution in [0.15, 0.2) is 0 Å². The molecule has 0 aromatic heterocycles. The van der Waals surface area contributed by atoms with Crippen molar-refractivity contribution >= 4 is 34.8 Å². The summed E-state index contributed by atoms with van der Waals surface area (Å²) in [5, 5.41) is 14.1. The second-order valence-corrected chi connectivity index (χ2v) is 3.82. The van der Waals surface area contributed by atoms with E-state index in [0.717, 1.165) is 26.1 Å². The zero-order chi connectivity index (χ0) is 15.0. The Morgan fingerprint density at radius 1 is 1.00 bits per heavy atom. The predicted molar refractivity (Wildman–Crippen MR) is 80.8 cm³/mol. The first kappa shape index (κ1) is 22.5. The molecule has 110 valence electrons. The third-order valence-electron chi connectivity index (χ3n) is 1.11.